The van der Waals surface area contributed by atoms with Crippen molar-refractivity contribution >= 4 is 23.2 Å². The standard InChI is InChI=1S/C21H19ClF3N5O/c1-30-28-19(27-29-30)13-4-2-12(3-5-13)18(14-8-9-21(24,25)11-14)20(31)26-15-6-7-17(23)16(22)10-15/h2-7,10,14,18H,8-9,11H2,1H3,(H,26,31). The zero-order chi connectivity index (χ0) is 22.2. The average Bonchev–Trinajstić information content (AvgIpc) is 3.31. The quantitative estimate of drug-likeness (QED) is 0.605. The molecule has 6 nitrogen and oxygen atoms in total. The van der Waals surface area contributed by atoms with Gasteiger partial charge in [-0.15, -0.1) is 10.2 Å². The number of carbonyl (C=O) groups excluding carboxylic acids is 1. The zero-order valence-electron chi connectivity index (χ0n) is 16.5. The molecule has 4 rings (SSSR count). The van der Waals surface area contributed by atoms with Crippen LogP contribution >= 0.6 is 11.6 Å². The maximum Gasteiger partial charge on any atom is 0.248 e. The zero-order valence-corrected chi connectivity index (χ0v) is 17.3. The monoisotopic (exact) mass is 449 g/mol. The Morgan fingerprint density at radius 1 is 1.26 bits per heavy atom. The van der Waals surface area contributed by atoms with E-state index in [-0.39, 0.29) is 24.3 Å². The van der Waals surface area contributed by atoms with Gasteiger partial charge in [0.05, 0.1) is 18.0 Å². The van der Waals surface area contributed by atoms with Crippen molar-refractivity contribution in [3.8, 4) is 11.4 Å². The number of hydrogen-bond acceptors (Lipinski definition) is 4. The van der Waals surface area contributed by atoms with Gasteiger partial charge in [0.25, 0.3) is 0 Å². The highest BCUT2D eigenvalue weighted by molar-refractivity contribution is 6.31. The topological polar surface area (TPSA) is 72.7 Å². The van der Waals surface area contributed by atoms with Gasteiger partial charge in [-0.05, 0) is 41.3 Å². The number of alkyl halides is 2. The van der Waals surface area contributed by atoms with Gasteiger partial charge in [-0.25, -0.2) is 13.2 Å². The van der Waals surface area contributed by atoms with E-state index < -0.39 is 29.5 Å². The van der Waals surface area contributed by atoms with Crippen molar-refractivity contribution in [2.24, 2.45) is 13.0 Å². The summed E-state index contributed by atoms with van der Waals surface area (Å²) in [4.78, 5) is 14.5. The molecule has 1 aliphatic rings. The summed E-state index contributed by atoms with van der Waals surface area (Å²) in [6.45, 7) is 0. The van der Waals surface area contributed by atoms with Crippen LogP contribution in [0.3, 0.4) is 0 Å². The number of nitrogens with one attached hydrogen (secondary N) is 1. The fourth-order valence-electron chi connectivity index (χ4n) is 3.94. The van der Waals surface area contributed by atoms with Gasteiger partial charge in [0.2, 0.25) is 17.7 Å². The number of amides is 1. The van der Waals surface area contributed by atoms with Crippen molar-refractivity contribution in [1.29, 1.82) is 0 Å². The summed E-state index contributed by atoms with van der Waals surface area (Å²) >= 11 is 5.79. The number of aryl methyl sites for hydroxylation is 1. The second-order valence-corrected chi connectivity index (χ2v) is 8.09. The Kier molecular flexibility index (Phi) is 5.70. The predicted octanol–water partition coefficient (Wildman–Crippen LogP) is 4.83. The van der Waals surface area contributed by atoms with E-state index in [0.717, 1.165) is 6.07 Å². The van der Waals surface area contributed by atoms with Crippen LogP contribution in [0, 0.1) is 11.7 Å². The number of nitrogens with zero attached hydrogens (tertiary/aromatic N) is 4. The molecule has 0 radical (unpaired) electrons. The van der Waals surface area contributed by atoms with Gasteiger partial charge in [-0.1, -0.05) is 35.9 Å². The first-order chi connectivity index (χ1) is 14.7. The molecule has 10 heteroatoms. The van der Waals surface area contributed by atoms with Gasteiger partial charge in [0.15, 0.2) is 0 Å². The minimum absolute atomic E-state index is 0.137. The lowest BCUT2D eigenvalue weighted by molar-refractivity contribution is -0.118. The van der Waals surface area contributed by atoms with Gasteiger partial charge in [0, 0.05) is 24.1 Å². The van der Waals surface area contributed by atoms with Gasteiger partial charge in [-0.3, -0.25) is 4.79 Å². The van der Waals surface area contributed by atoms with Gasteiger partial charge >= 0.3 is 0 Å². The summed E-state index contributed by atoms with van der Waals surface area (Å²) < 4.78 is 41.3. The van der Waals surface area contributed by atoms with E-state index in [4.69, 9.17) is 11.6 Å². The molecule has 0 aliphatic heterocycles. The van der Waals surface area contributed by atoms with E-state index >= 15 is 0 Å². The number of aromatic nitrogens is 4. The molecule has 2 atom stereocenters. The van der Waals surface area contributed by atoms with E-state index in [1.165, 1.54) is 16.9 Å². The first kappa shape index (κ1) is 21.3. The van der Waals surface area contributed by atoms with E-state index in [0.29, 0.717) is 22.6 Å². The average molecular weight is 450 g/mol. The number of rotatable bonds is 5. The number of tetrazole rings is 1. The highest BCUT2D eigenvalue weighted by atomic mass is 35.5. The smallest absolute Gasteiger partial charge is 0.248 e. The number of carbonyl (C=O) groups is 1. The maximum absolute atomic E-state index is 13.9. The Bertz CT molecular complexity index is 1100. The molecule has 2 aromatic carbocycles. The van der Waals surface area contributed by atoms with Gasteiger partial charge < -0.3 is 5.32 Å². The molecule has 3 aromatic rings. The number of hydrogen-bond donors (Lipinski definition) is 1. The van der Waals surface area contributed by atoms with Crippen molar-refractivity contribution in [3.63, 3.8) is 0 Å². The Morgan fingerprint density at radius 2 is 2.00 bits per heavy atom. The van der Waals surface area contributed by atoms with E-state index in [1.54, 1.807) is 31.3 Å². The third-order valence-electron chi connectivity index (χ3n) is 5.42. The SMILES string of the molecule is Cn1nnc(-c2ccc(C(C(=O)Nc3ccc(F)c(Cl)c3)C3CCC(F)(F)C3)cc2)n1. The van der Waals surface area contributed by atoms with Crippen molar-refractivity contribution in [2.75, 3.05) is 5.32 Å². The number of halogens is 4. The summed E-state index contributed by atoms with van der Waals surface area (Å²) in [5, 5.41) is 14.4. The number of anilines is 1. The lowest BCUT2D eigenvalue weighted by Crippen LogP contribution is -2.27. The van der Waals surface area contributed by atoms with E-state index in [2.05, 4.69) is 20.7 Å². The van der Waals surface area contributed by atoms with Crippen LogP contribution < -0.4 is 5.32 Å². The molecule has 162 valence electrons. The van der Waals surface area contributed by atoms with Gasteiger partial charge in [-0.2, -0.15) is 4.80 Å². The summed E-state index contributed by atoms with van der Waals surface area (Å²) in [5.74, 6) is -4.78. The van der Waals surface area contributed by atoms with E-state index in [1.807, 2.05) is 0 Å². The highest BCUT2D eigenvalue weighted by Crippen LogP contribution is 2.46. The molecule has 1 fully saturated rings. The Labute approximate surface area is 181 Å². The molecule has 31 heavy (non-hydrogen) atoms. The van der Waals surface area contributed by atoms with Crippen molar-refractivity contribution < 1.29 is 18.0 Å². The first-order valence-electron chi connectivity index (χ1n) is 9.70. The Hall–Kier alpha value is -2.94. The van der Waals surface area contributed by atoms with E-state index in [9.17, 15) is 18.0 Å². The van der Waals surface area contributed by atoms with Crippen LogP contribution in [-0.2, 0) is 11.8 Å². The number of benzene rings is 2. The summed E-state index contributed by atoms with van der Waals surface area (Å²) in [7, 11) is 1.65. The van der Waals surface area contributed by atoms with Crippen LogP contribution in [0.2, 0.25) is 5.02 Å². The third-order valence-corrected chi connectivity index (χ3v) is 5.71. The Balaban J connectivity index is 1.62. The van der Waals surface area contributed by atoms with Crippen LogP contribution in [0.15, 0.2) is 42.5 Å². The van der Waals surface area contributed by atoms with Crippen molar-refractivity contribution in [2.45, 2.75) is 31.1 Å². The van der Waals surface area contributed by atoms with Crippen LogP contribution in [0.4, 0.5) is 18.9 Å². The van der Waals surface area contributed by atoms with Gasteiger partial charge in [0.1, 0.15) is 5.82 Å². The third kappa shape index (κ3) is 4.71. The van der Waals surface area contributed by atoms with Crippen molar-refractivity contribution in [3.05, 3.63) is 58.9 Å². The molecule has 2 unspecified atom stereocenters. The molecule has 1 aromatic heterocycles. The molecule has 1 heterocycles. The largest absolute Gasteiger partial charge is 0.325 e. The Morgan fingerprint density at radius 3 is 2.58 bits per heavy atom. The summed E-state index contributed by atoms with van der Waals surface area (Å²) in [6, 6.07) is 10.7. The minimum atomic E-state index is -2.80. The maximum atomic E-state index is 13.9. The molecular weight excluding hydrogens is 431 g/mol. The summed E-state index contributed by atoms with van der Waals surface area (Å²) in [6.07, 6.45) is -0.406. The lowest BCUT2D eigenvalue weighted by Gasteiger charge is -2.23. The fourth-order valence-corrected chi connectivity index (χ4v) is 4.12. The second kappa shape index (κ2) is 8.30. The predicted molar refractivity (Wildman–Crippen MR) is 109 cm³/mol. The van der Waals surface area contributed by atoms with Crippen molar-refractivity contribution in [1.82, 2.24) is 20.2 Å². The minimum Gasteiger partial charge on any atom is -0.325 e. The molecule has 0 saturated heterocycles. The van der Waals surface area contributed by atoms with Crippen LogP contribution in [0.5, 0.6) is 0 Å². The molecular formula is C21H19ClF3N5O. The van der Waals surface area contributed by atoms with Crippen LogP contribution in [0.1, 0.15) is 30.7 Å². The highest BCUT2D eigenvalue weighted by Gasteiger charge is 2.45. The second-order valence-electron chi connectivity index (χ2n) is 7.68. The molecule has 1 saturated carbocycles. The first-order valence-corrected chi connectivity index (χ1v) is 10.1. The molecule has 0 bridgehead atoms. The molecule has 0 spiro atoms. The van der Waals surface area contributed by atoms with Crippen LogP contribution in [-0.4, -0.2) is 32.0 Å². The summed E-state index contributed by atoms with van der Waals surface area (Å²) in [5.41, 5.74) is 1.59. The molecule has 1 N–H and O–H groups in total. The molecule has 1 amide bonds. The normalized spacial score (nSPS) is 18.7. The lowest BCUT2D eigenvalue weighted by atomic mass is 9.83. The fraction of sp³-hybridized carbons (Fsp3) is 0.333. The van der Waals surface area contributed by atoms with Crippen LogP contribution in [0.25, 0.3) is 11.4 Å². The molecule has 1 aliphatic carbocycles.